The summed E-state index contributed by atoms with van der Waals surface area (Å²) < 4.78 is 40.5. The summed E-state index contributed by atoms with van der Waals surface area (Å²) >= 11 is 0. The maximum absolute atomic E-state index is 13.4. The van der Waals surface area contributed by atoms with Crippen molar-refractivity contribution in [3.05, 3.63) is 78.4 Å². The van der Waals surface area contributed by atoms with Gasteiger partial charge in [-0.25, -0.2) is 0 Å². The first-order chi connectivity index (χ1) is 13.5. The van der Waals surface area contributed by atoms with Crippen LogP contribution in [-0.2, 0) is 4.57 Å². The summed E-state index contributed by atoms with van der Waals surface area (Å²) in [6.45, 7) is 1.95. The normalized spacial score (nSPS) is 10.8. The van der Waals surface area contributed by atoms with Gasteiger partial charge in [0.2, 0.25) is 0 Å². The Morgan fingerprint density at radius 3 is 1.14 bits per heavy atom. The second kappa shape index (κ2) is 8.72. The Bertz CT molecular complexity index is 883. The molecule has 28 heavy (non-hydrogen) atoms. The van der Waals surface area contributed by atoms with Gasteiger partial charge in [0, 0.05) is 0 Å². The van der Waals surface area contributed by atoms with Crippen LogP contribution in [0, 0.1) is 6.92 Å². The van der Waals surface area contributed by atoms with Gasteiger partial charge < -0.3 is 23.0 Å². The zero-order valence-electron chi connectivity index (χ0n) is 15.8. The molecule has 0 bridgehead atoms. The van der Waals surface area contributed by atoms with E-state index in [9.17, 15) is 4.57 Å². The van der Waals surface area contributed by atoms with Crippen LogP contribution in [0.5, 0.6) is 28.7 Å². The molecule has 0 saturated heterocycles. The van der Waals surface area contributed by atoms with Gasteiger partial charge in [-0.05, 0) is 67.6 Å². The van der Waals surface area contributed by atoms with Crippen molar-refractivity contribution in [3.63, 3.8) is 0 Å². The Labute approximate surface area is 164 Å². The molecular weight excluding hydrogens is 379 g/mol. The molecule has 0 N–H and O–H groups in total. The first kappa shape index (κ1) is 19.6. The first-order valence-electron chi connectivity index (χ1n) is 8.53. The van der Waals surface area contributed by atoms with Crippen LogP contribution in [0.25, 0.3) is 0 Å². The highest BCUT2D eigenvalue weighted by atomic mass is 31.2. The molecule has 0 saturated carbocycles. The van der Waals surface area contributed by atoms with Crippen LogP contribution in [0.15, 0.2) is 72.8 Å². The zero-order valence-corrected chi connectivity index (χ0v) is 16.7. The molecule has 6 nitrogen and oxygen atoms in total. The van der Waals surface area contributed by atoms with Gasteiger partial charge in [-0.2, -0.15) is 4.57 Å². The van der Waals surface area contributed by atoms with Gasteiger partial charge in [0.1, 0.15) is 28.7 Å². The van der Waals surface area contributed by atoms with Crippen molar-refractivity contribution in [2.24, 2.45) is 0 Å². The molecule has 0 atom stereocenters. The number of benzene rings is 3. The van der Waals surface area contributed by atoms with Gasteiger partial charge in [-0.3, -0.25) is 0 Å². The molecule has 0 fully saturated rings. The van der Waals surface area contributed by atoms with E-state index >= 15 is 0 Å². The van der Waals surface area contributed by atoms with Gasteiger partial charge in [-0.15, -0.1) is 0 Å². The minimum Gasteiger partial charge on any atom is -0.497 e. The number of hydrogen-bond donors (Lipinski definition) is 0. The fourth-order valence-corrected chi connectivity index (χ4v) is 3.57. The summed E-state index contributed by atoms with van der Waals surface area (Å²) in [5.74, 6) is 2.32. The van der Waals surface area contributed by atoms with E-state index in [2.05, 4.69) is 0 Å². The minimum atomic E-state index is -4.03. The maximum Gasteiger partial charge on any atom is 0.647 e. The van der Waals surface area contributed by atoms with E-state index < -0.39 is 7.82 Å². The highest BCUT2D eigenvalue weighted by Gasteiger charge is 2.33. The Balaban J connectivity index is 1.86. The van der Waals surface area contributed by atoms with Crippen LogP contribution >= 0.6 is 7.82 Å². The van der Waals surface area contributed by atoms with E-state index in [1.54, 1.807) is 74.9 Å². The molecule has 7 heteroatoms. The SMILES string of the molecule is COc1ccc(OP(=O)(Oc2ccc(C)cc2)Oc2ccc(OC)cc2)cc1. The summed E-state index contributed by atoms with van der Waals surface area (Å²) in [6, 6.07) is 20.4. The molecule has 0 aliphatic rings. The lowest BCUT2D eigenvalue weighted by atomic mass is 10.2. The summed E-state index contributed by atoms with van der Waals surface area (Å²) in [7, 11) is -0.902. The molecule has 3 rings (SSSR count). The van der Waals surface area contributed by atoms with Crippen LogP contribution in [0.3, 0.4) is 0 Å². The van der Waals surface area contributed by atoms with Crippen molar-refractivity contribution in [3.8, 4) is 28.7 Å². The van der Waals surface area contributed by atoms with Crippen molar-refractivity contribution < 1.29 is 27.6 Å². The van der Waals surface area contributed by atoms with E-state index in [4.69, 9.17) is 23.0 Å². The first-order valence-corrected chi connectivity index (χ1v) is 9.99. The van der Waals surface area contributed by atoms with E-state index in [-0.39, 0.29) is 0 Å². The number of hydrogen-bond acceptors (Lipinski definition) is 6. The molecule has 0 amide bonds. The molecule has 0 aliphatic carbocycles. The topological polar surface area (TPSA) is 63.2 Å². The van der Waals surface area contributed by atoms with Gasteiger partial charge in [0.05, 0.1) is 14.2 Å². The molecule has 0 aromatic heterocycles. The predicted octanol–water partition coefficient (Wildman–Crippen LogP) is 5.66. The van der Waals surface area contributed by atoms with Gasteiger partial charge in [-0.1, -0.05) is 17.7 Å². The predicted molar refractivity (Wildman–Crippen MR) is 107 cm³/mol. The third-order valence-corrected chi connectivity index (χ3v) is 5.09. The van der Waals surface area contributed by atoms with E-state index in [1.165, 1.54) is 0 Å². The molecule has 0 unspecified atom stereocenters. The van der Waals surface area contributed by atoms with Crippen LogP contribution in [0.1, 0.15) is 5.56 Å². The lowest BCUT2D eigenvalue weighted by Gasteiger charge is -2.19. The molecule has 0 aliphatic heterocycles. The van der Waals surface area contributed by atoms with Gasteiger partial charge >= 0.3 is 7.82 Å². The Kier molecular flexibility index (Phi) is 6.12. The summed E-state index contributed by atoms with van der Waals surface area (Å²) in [5.41, 5.74) is 1.05. The van der Waals surface area contributed by atoms with Gasteiger partial charge in [0.25, 0.3) is 0 Å². The number of aryl methyl sites for hydroxylation is 1. The van der Waals surface area contributed by atoms with Crippen molar-refractivity contribution >= 4 is 7.82 Å². The molecule has 0 heterocycles. The standard InChI is InChI=1S/C21H21O6P/c1-16-4-6-19(7-5-16)25-28(22,26-20-12-8-17(23-2)9-13-20)27-21-14-10-18(24-3)11-15-21/h4-15H,1-3H3. The Morgan fingerprint density at radius 1 is 0.536 bits per heavy atom. The summed E-state index contributed by atoms with van der Waals surface area (Å²) in [4.78, 5) is 0. The lowest BCUT2D eigenvalue weighted by molar-refractivity contribution is 0.298. The second-order valence-electron chi connectivity index (χ2n) is 5.89. The Hall–Kier alpha value is -3.11. The minimum absolute atomic E-state index is 0.324. The smallest absolute Gasteiger partial charge is 0.497 e. The maximum atomic E-state index is 13.4. The number of methoxy groups -OCH3 is 2. The van der Waals surface area contributed by atoms with E-state index in [0.29, 0.717) is 28.7 Å². The summed E-state index contributed by atoms with van der Waals surface area (Å²) in [6.07, 6.45) is 0. The number of rotatable bonds is 8. The molecule has 146 valence electrons. The van der Waals surface area contributed by atoms with Crippen LogP contribution in [0.4, 0.5) is 0 Å². The molecule has 3 aromatic rings. The van der Waals surface area contributed by atoms with Crippen LogP contribution < -0.4 is 23.0 Å². The van der Waals surface area contributed by atoms with Crippen LogP contribution in [-0.4, -0.2) is 14.2 Å². The fourth-order valence-electron chi connectivity index (χ4n) is 2.32. The number of phosphoric acid groups is 1. The molecule has 0 spiro atoms. The van der Waals surface area contributed by atoms with E-state index in [0.717, 1.165) is 5.56 Å². The van der Waals surface area contributed by atoms with Crippen molar-refractivity contribution in [1.29, 1.82) is 0 Å². The van der Waals surface area contributed by atoms with Crippen molar-refractivity contribution in [1.82, 2.24) is 0 Å². The average molecular weight is 400 g/mol. The highest BCUT2D eigenvalue weighted by Crippen LogP contribution is 2.50. The van der Waals surface area contributed by atoms with Gasteiger partial charge in [0.15, 0.2) is 0 Å². The van der Waals surface area contributed by atoms with Crippen molar-refractivity contribution in [2.75, 3.05) is 14.2 Å². The average Bonchev–Trinajstić information content (AvgIpc) is 2.71. The molecule has 0 radical (unpaired) electrons. The number of phosphoric ester groups is 1. The monoisotopic (exact) mass is 400 g/mol. The third-order valence-electron chi connectivity index (χ3n) is 3.79. The quantitative estimate of drug-likeness (QED) is 0.455. The lowest BCUT2D eigenvalue weighted by Crippen LogP contribution is -2.07. The zero-order chi connectivity index (χ0) is 20.0. The van der Waals surface area contributed by atoms with E-state index in [1.807, 2.05) is 19.1 Å². The highest BCUT2D eigenvalue weighted by molar-refractivity contribution is 7.49. The fraction of sp³-hybridized carbons (Fsp3) is 0.143. The largest absolute Gasteiger partial charge is 0.647 e. The van der Waals surface area contributed by atoms with Crippen molar-refractivity contribution in [2.45, 2.75) is 6.92 Å². The summed E-state index contributed by atoms with van der Waals surface area (Å²) in [5, 5.41) is 0. The van der Waals surface area contributed by atoms with Crippen LogP contribution in [0.2, 0.25) is 0 Å². The second-order valence-corrected chi connectivity index (χ2v) is 7.33. The number of ether oxygens (including phenoxy) is 2. The Morgan fingerprint density at radius 2 is 0.821 bits per heavy atom. The third kappa shape index (κ3) is 5.21. The molecule has 3 aromatic carbocycles. The molecular formula is C21H21O6P.